The molecule has 0 radical (unpaired) electrons. The highest BCUT2D eigenvalue weighted by molar-refractivity contribution is 7.80. The van der Waals surface area contributed by atoms with Crippen LogP contribution in [0.25, 0.3) is 0 Å². The van der Waals surface area contributed by atoms with E-state index >= 15 is 0 Å². The molecule has 1 heterocycles. The van der Waals surface area contributed by atoms with E-state index in [2.05, 4.69) is 5.32 Å². The van der Waals surface area contributed by atoms with E-state index in [1.807, 2.05) is 6.92 Å². The van der Waals surface area contributed by atoms with Gasteiger partial charge in [-0.3, -0.25) is 9.59 Å². The molecule has 1 unspecified atom stereocenters. The molecule has 0 aromatic rings. The van der Waals surface area contributed by atoms with Crippen LogP contribution in [0.5, 0.6) is 0 Å². The second kappa shape index (κ2) is 6.68. The zero-order valence-corrected chi connectivity index (χ0v) is 11.8. The van der Waals surface area contributed by atoms with Crippen molar-refractivity contribution in [3.8, 4) is 0 Å². The number of thiocarbonyl (C=S) groups is 1. The highest BCUT2D eigenvalue weighted by atomic mass is 32.1. The standard InChI is InChI=1S/C12H21N3O2S/c1-3-9(10(13)18)12(17)15-6-4-8(5-7-15)11(16)14-2/h8-9H,3-7H2,1-2H3,(H2,13,18)(H,14,16). The van der Waals surface area contributed by atoms with Gasteiger partial charge in [-0.1, -0.05) is 19.1 Å². The molecule has 18 heavy (non-hydrogen) atoms. The van der Waals surface area contributed by atoms with Gasteiger partial charge in [-0.25, -0.2) is 0 Å². The fourth-order valence-corrected chi connectivity index (χ4v) is 2.55. The van der Waals surface area contributed by atoms with Crippen molar-refractivity contribution in [2.45, 2.75) is 26.2 Å². The van der Waals surface area contributed by atoms with Crippen LogP contribution in [0.3, 0.4) is 0 Å². The van der Waals surface area contributed by atoms with Crippen LogP contribution in [0, 0.1) is 11.8 Å². The number of rotatable bonds is 4. The molecular weight excluding hydrogens is 250 g/mol. The highest BCUT2D eigenvalue weighted by Crippen LogP contribution is 2.20. The average molecular weight is 271 g/mol. The number of nitrogens with zero attached hydrogens (tertiary/aromatic N) is 1. The Morgan fingerprint density at radius 1 is 1.44 bits per heavy atom. The Morgan fingerprint density at radius 3 is 2.39 bits per heavy atom. The third-order valence-corrected chi connectivity index (χ3v) is 3.76. The summed E-state index contributed by atoms with van der Waals surface area (Å²) in [5, 5.41) is 2.65. The van der Waals surface area contributed by atoms with Gasteiger partial charge in [-0.05, 0) is 19.3 Å². The number of piperidine rings is 1. The SMILES string of the molecule is CCC(C(=O)N1CCC(C(=O)NC)CC1)C(N)=S. The summed E-state index contributed by atoms with van der Waals surface area (Å²) in [5.74, 6) is -0.288. The van der Waals surface area contributed by atoms with E-state index in [1.54, 1.807) is 11.9 Å². The van der Waals surface area contributed by atoms with Crippen molar-refractivity contribution < 1.29 is 9.59 Å². The van der Waals surface area contributed by atoms with Gasteiger partial charge in [0.1, 0.15) is 0 Å². The van der Waals surface area contributed by atoms with Crippen molar-refractivity contribution >= 4 is 29.0 Å². The molecule has 1 aliphatic heterocycles. The van der Waals surface area contributed by atoms with Crippen LogP contribution in [-0.4, -0.2) is 41.8 Å². The Morgan fingerprint density at radius 2 is 2.00 bits per heavy atom. The van der Waals surface area contributed by atoms with E-state index in [0.717, 1.165) is 0 Å². The second-order valence-corrected chi connectivity index (χ2v) is 5.05. The number of hydrogen-bond acceptors (Lipinski definition) is 3. The molecule has 0 aliphatic carbocycles. The number of likely N-dealkylation sites (tertiary alicyclic amines) is 1. The van der Waals surface area contributed by atoms with Crippen LogP contribution >= 0.6 is 12.2 Å². The lowest BCUT2D eigenvalue weighted by Gasteiger charge is -2.33. The molecule has 1 rings (SSSR count). The number of hydrogen-bond donors (Lipinski definition) is 2. The monoisotopic (exact) mass is 271 g/mol. The number of nitrogens with two attached hydrogens (primary N) is 1. The van der Waals surface area contributed by atoms with E-state index < -0.39 is 0 Å². The lowest BCUT2D eigenvalue weighted by molar-refractivity contribution is -0.137. The van der Waals surface area contributed by atoms with Crippen molar-refractivity contribution in [3.63, 3.8) is 0 Å². The smallest absolute Gasteiger partial charge is 0.232 e. The van der Waals surface area contributed by atoms with Crippen molar-refractivity contribution in [1.82, 2.24) is 10.2 Å². The molecule has 0 spiro atoms. The molecule has 1 fully saturated rings. The minimum absolute atomic E-state index is 0.000330. The van der Waals surface area contributed by atoms with Crippen LogP contribution < -0.4 is 11.1 Å². The van der Waals surface area contributed by atoms with E-state index in [-0.39, 0.29) is 28.6 Å². The third-order valence-electron chi connectivity index (χ3n) is 3.47. The molecular formula is C12H21N3O2S. The minimum atomic E-state index is -0.364. The fourth-order valence-electron chi connectivity index (χ4n) is 2.28. The predicted octanol–water partition coefficient (Wildman–Crippen LogP) is 0.283. The third kappa shape index (κ3) is 3.41. The Bertz CT molecular complexity index is 338. The van der Waals surface area contributed by atoms with Crippen molar-refractivity contribution in [2.24, 2.45) is 17.6 Å². The first kappa shape index (κ1) is 14.9. The van der Waals surface area contributed by atoms with Crippen LogP contribution in [-0.2, 0) is 9.59 Å². The van der Waals surface area contributed by atoms with E-state index in [0.29, 0.717) is 32.4 Å². The van der Waals surface area contributed by atoms with Gasteiger partial charge in [-0.2, -0.15) is 0 Å². The second-order valence-electron chi connectivity index (χ2n) is 4.58. The zero-order valence-electron chi connectivity index (χ0n) is 10.9. The summed E-state index contributed by atoms with van der Waals surface area (Å²) in [4.78, 5) is 25.7. The van der Waals surface area contributed by atoms with E-state index in [9.17, 15) is 9.59 Å². The molecule has 0 aromatic heterocycles. The first-order valence-corrected chi connectivity index (χ1v) is 6.71. The van der Waals surface area contributed by atoms with Crippen molar-refractivity contribution in [3.05, 3.63) is 0 Å². The Labute approximate surface area is 113 Å². The Kier molecular flexibility index (Phi) is 5.53. The maximum Gasteiger partial charge on any atom is 0.232 e. The summed E-state index contributed by atoms with van der Waals surface area (Å²) in [6, 6.07) is 0. The van der Waals surface area contributed by atoms with E-state index in [4.69, 9.17) is 18.0 Å². The highest BCUT2D eigenvalue weighted by Gasteiger charge is 2.30. The number of carbonyl (C=O) groups excluding carboxylic acids is 2. The molecule has 0 saturated carbocycles. The molecule has 5 nitrogen and oxygen atoms in total. The zero-order chi connectivity index (χ0) is 13.7. The topological polar surface area (TPSA) is 75.4 Å². The van der Waals surface area contributed by atoms with Gasteiger partial charge in [-0.15, -0.1) is 0 Å². The first-order chi connectivity index (χ1) is 8.51. The largest absolute Gasteiger partial charge is 0.393 e. The molecule has 0 bridgehead atoms. The lowest BCUT2D eigenvalue weighted by Crippen LogP contribution is -2.46. The quantitative estimate of drug-likeness (QED) is 0.720. The van der Waals surface area contributed by atoms with E-state index in [1.165, 1.54) is 0 Å². The Hall–Kier alpha value is -1.17. The summed E-state index contributed by atoms with van der Waals surface area (Å²) in [7, 11) is 1.64. The number of nitrogens with one attached hydrogen (secondary N) is 1. The van der Waals surface area contributed by atoms with Gasteiger partial charge < -0.3 is 16.0 Å². The Balaban J connectivity index is 2.54. The van der Waals surface area contributed by atoms with Gasteiger partial charge in [0, 0.05) is 26.1 Å². The fraction of sp³-hybridized carbons (Fsp3) is 0.750. The summed E-state index contributed by atoms with van der Waals surface area (Å²) < 4.78 is 0. The molecule has 2 amide bonds. The molecule has 6 heteroatoms. The number of amides is 2. The van der Waals surface area contributed by atoms with Gasteiger partial charge >= 0.3 is 0 Å². The molecule has 102 valence electrons. The van der Waals surface area contributed by atoms with Crippen molar-refractivity contribution in [1.29, 1.82) is 0 Å². The normalized spacial score (nSPS) is 18.2. The summed E-state index contributed by atoms with van der Waals surface area (Å²) in [6.45, 7) is 3.12. The van der Waals surface area contributed by atoms with Crippen LogP contribution in [0.15, 0.2) is 0 Å². The molecule has 1 saturated heterocycles. The van der Waals surface area contributed by atoms with Crippen molar-refractivity contribution in [2.75, 3.05) is 20.1 Å². The van der Waals surface area contributed by atoms with Crippen LogP contribution in [0.4, 0.5) is 0 Å². The number of carbonyl (C=O) groups is 2. The summed E-state index contributed by atoms with van der Waals surface area (Å²) >= 11 is 4.91. The lowest BCUT2D eigenvalue weighted by atomic mass is 9.94. The maximum absolute atomic E-state index is 12.2. The van der Waals surface area contributed by atoms with Gasteiger partial charge in [0.25, 0.3) is 0 Å². The minimum Gasteiger partial charge on any atom is -0.393 e. The van der Waals surface area contributed by atoms with Crippen LogP contribution in [0.1, 0.15) is 26.2 Å². The summed E-state index contributed by atoms with van der Waals surface area (Å²) in [5.41, 5.74) is 5.57. The van der Waals surface area contributed by atoms with Crippen LogP contribution in [0.2, 0.25) is 0 Å². The molecule has 1 atom stereocenters. The van der Waals surface area contributed by atoms with Gasteiger partial charge in [0.15, 0.2) is 0 Å². The summed E-state index contributed by atoms with van der Waals surface area (Å²) in [6.07, 6.45) is 2.04. The van der Waals surface area contributed by atoms with Gasteiger partial charge in [0.05, 0.1) is 10.9 Å². The molecule has 3 N–H and O–H groups in total. The first-order valence-electron chi connectivity index (χ1n) is 6.30. The molecule has 0 aromatic carbocycles. The molecule has 1 aliphatic rings. The maximum atomic E-state index is 12.2. The van der Waals surface area contributed by atoms with Gasteiger partial charge in [0.2, 0.25) is 11.8 Å². The predicted molar refractivity (Wildman–Crippen MR) is 73.9 cm³/mol. The average Bonchev–Trinajstić information content (AvgIpc) is 2.38.